The summed E-state index contributed by atoms with van der Waals surface area (Å²) in [6.07, 6.45) is 0.813. The standard InChI is InChI=1S/C23H23NO3/c1-5-10-24-20(16-8-6-13(2)7-9-16)19-21(25)18-15(4)11-14(3)12-17(18)27-22(19)23(24)26/h6-9,11-12,20H,5,10H2,1-4H3/t20-/m0/s1. The predicted octanol–water partition coefficient (Wildman–Crippen LogP) is 4.67. The maximum absolute atomic E-state index is 13.5. The molecular formula is C23H23NO3. The van der Waals surface area contributed by atoms with E-state index in [1.807, 2.05) is 64.1 Å². The van der Waals surface area contributed by atoms with Crippen LogP contribution in [0, 0.1) is 20.8 Å². The van der Waals surface area contributed by atoms with Gasteiger partial charge in [-0.25, -0.2) is 0 Å². The minimum atomic E-state index is -0.394. The second kappa shape index (κ2) is 6.38. The molecule has 1 aromatic heterocycles. The van der Waals surface area contributed by atoms with Gasteiger partial charge in [0, 0.05) is 6.54 Å². The zero-order valence-corrected chi connectivity index (χ0v) is 16.1. The summed E-state index contributed by atoms with van der Waals surface area (Å²) in [5, 5.41) is 0.572. The third-order valence-electron chi connectivity index (χ3n) is 5.27. The molecule has 0 spiro atoms. The summed E-state index contributed by atoms with van der Waals surface area (Å²) in [6.45, 7) is 8.51. The number of nitrogens with zero attached hydrogens (tertiary/aromatic N) is 1. The zero-order valence-electron chi connectivity index (χ0n) is 16.1. The molecule has 0 saturated heterocycles. The van der Waals surface area contributed by atoms with Gasteiger partial charge in [0.05, 0.1) is 17.0 Å². The fraction of sp³-hybridized carbons (Fsp3) is 0.304. The van der Waals surface area contributed by atoms with Crippen LogP contribution in [0.4, 0.5) is 0 Å². The number of aryl methyl sites for hydroxylation is 3. The average Bonchev–Trinajstić information content (AvgIpc) is 2.88. The van der Waals surface area contributed by atoms with E-state index in [1.165, 1.54) is 0 Å². The molecule has 0 fully saturated rings. The SMILES string of the molecule is CCCN1C(=O)c2oc3cc(C)cc(C)c3c(=O)c2[C@@H]1c1ccc(C)cc1. The van der Waals surface area contributed by atoms with Crippen LogP contribution in [0.1, 0.15) is 57.8 Å². The smallest absolute Gasteiger partial charge is 0.290 e. The molecule has 138 valence electrons. The molecule has 0 aliphatic carbocycles. The van der Waals surface area contributed by atoms with Crippen molar-refractivity contribution in [2.24, 2.45) is 0 Å². The maximum Gasteiger partial charge on any atom is 0.290 e. The maximum atomic E-state index is 13.5. The van der Waals surface area contributed by atoms with Gasteiger partial charge in [-0.15, -0.1) is 0 Å². The van der Waals surface area contributed by atoms with Crippen molar-refractivity contribution in [2.75, 3.05) is 6.54 Å². The van der Waals surface area contributed by atoms with Gasteiger partial charge in [0.25, 0.3) is 5.91 Å². The molecule has 2 heterocycles. The first-order chi connectivity index (χ1) is 12.9. The number of carbonyl (C=O) groups excluding carboxylic acids is 1. The molecule has 0 N–H and O–H groups in total. The van der Waals surface area contributed by atoms with Crippen LogP contribution >= 0.6 is 0 Å². The minimum Gasteiger partial charge on any atom is -0.450 e. The van der Waals surface area contributed by atoms with E-state index in [-0.39, 0.29) is 17.1 Å². The number of benzene rings is 2. The van der Waals surface area contributed by atoms with E-state index in [2.05, 4.69) is 0 Å². The first-order valence-corrected chi connectivity index (χ1v) is 9.38. The molecule has 1 aliphatic rings. The topological polar surface area (TPSA) is 50.5 Å². The summed E-state index contributed by atoms with van der Waals surface area (Å²) in [6, 6.07) is 11.4. The van der Waals surface area contributed by atoms with Crippen molar-refractivity contribution >= 4 is 16.9 Å². The molecule has 3 aromatic rings. The number of amides is 1. The van der Waals surface area contributed by atoms with Gasteiger partial charge in [0.15, 0.2) is 5.43 Å². The molecule has 1 amide bonds. The molecule has 0 saturated carbocycles. The Bertz CT molecular complexity index is 1110. The summed E-state index contributed by atoms with van der Waals surface area (Å²) in [4.78, 5) is 28.3. The summed E-state index contributed by atoms with van der Waals surface area (Å²) in [7, 11) is 0. The van der Waals surface area contributed by atoms with Crippen molar-refractivity contribution in [3.63, 3.8) is 0 Å². The van der Waals surface area contributed by atoms with Crippen LogP contribution in [-0.4, -0.2) is 17.4 Å². The molecule has 0 unspecified atom stereocenters. The Labute approximate surface area is 158 Å². The summed E-state index contributed by atoms with van der Waals surface area (Å²) < 4.78 is 6.02. The molecule has 0 radical (unpaired) electrons. The van der Waals surface area contributed by atoms with Crippen LogP contribution < -0.4 is 5.43 Å². The predicted molar refractivity (Wildman–Crippen MR) is 106 cm³/mol. The van der Waals surface area contributed by atoms with E-state index in [4.69, 9.17) is 4.42 Å². The van der Waals surface area contributed by atoms with E-state index in [9.17, 15) is 9.59 Å². The van der Waals surface area contributed by atoms with Crippen LogP contribution in [0.5, 0.6) is 0 Å². The van der Waals surface area contributed by atoms with Crippen LogP contribution in [0.3, 0.4) is 0 Å². The van der Waals surface area contributed by atoms with Gasteiger partial charge in [0.2, 0.25) is 5.76 Å². The van der Waals surface area contributed by atoms with Gasteiger partial charge in [-0.3, -0.25) is 9.59 Å². The highest BCUT2D eigenvalue weighted by Crippen LogP contribution is 2.38. The Hall–Kier alpha value is -2.88. The monoisotopic (exact) mass is 361 g/mol. The normalized spacial score (nSPS) is 16.2. The summed E-state index contributed by atoms with van der Waals surface area (Å²) >= 11 is 0. The molecule has 4 rings (SSSR count). The van der Waals surface area contributed by atoms with E-state index >= 15 is 0 Å². The van der Waals surface area contributed by atoms with E-state index in [0.29, 0.717) is 23.1 Å². The minimum absolute atomic E-state index is 0.0960. The van der Waals surface area contributed by atoms with Crippen molar-refractivity contribution < 1.29 is 9.21 Å². The van der Waals surface area contributed by atoms with Crippen LogP contribution in [0.25, 0.3) is 11.0 Å². The summed E-state index contributed by atoms with van der Waals surface area (Å²) in [5.41, 5.74) is 4.84. The second-order valence-corrected chi connectivity index (χ2v) is 7.44. The van der Waals surface area contributed by atoms with Gasteiger partial charge < -0.3 is 9.32 Å². The van der Waals surface area contributed by atoms with Gasteiger partial charge in [-0.1, -0.05) is 42.8 Å². The molecule has 2 aromatic carbocycles. The average molecular weight is 361 g/mol. The van der Waals surface area contributed by atoms with Crippen molar-refractivity contribution in [2.45, 2.75) is 40.2 Å². The lowest BCUT2D eigenvalue weighted by molar-refractivity contribution is 0.0728. The molecule has 0 bridgehead atoms. The molecule has 27 heavy (non-hydrogen) atoms. The quantitative estimate of drug-likeness (QED) is 0.681. The van der Waals surface area contributed by atoms with Crippen molar-refractivity contribution in [3.8, 4) is 0 Å². The van der Waals surface area contributed by atoms with Crippen molar-refractivity contribution in [1.29, 1.82) is 0 Å². The summed E-state index contributed by atoms with van der Waals surface area (Å²) in [5.74, 6) is -0.00731. The highest BCUT2D eigenvalue weighted by molar-refractivity contribution is 5.99. The third-order valence-corrected chi connectivity index (χ3v) is 5.27. The lowest BCUT2D eigenvalue weighted by atomic mass is 9.96. The molecule has 4 heteroatoms. The second-order valence-electron chi connectivity index (χ2n) is 7.44. The van der Waals surface area contributed by atoms with Crippen LogP contribution in [0.15, 0.2) is 45.6 Å². The van der Waals surface area contributed by atoms with Crippen molar-refractivity contribution in [3.05, 3.63) is 80.2 Å². The van der Waals surface area contributed by atoms with E-state index < -0.39 is 6.04 Å². The highest BCUT2D eigenvalue weighted by atomic mass is 16.3. The first kappa shape index (κ1) is 17.5. The van der Waals surface area contributed by atoms with Gasteiger partial charge in [0.1, 0.15) is 5.58 Å². The van der Waals surface area contributed by atoms with Gasteiger partial charge in [-0.05, 0) is 49.9 Å². The fourth-order valence-electron chi connectivity index (χ4n) is 4.08. The highest BCUT2D eigenvalue weighted by Gasteiger charge is 2.42. The molecule has 1 atom stereocenters. The third kappa shape index (κ3) is 2.67. The van der Waals surface area contributed by atoms with Crippen molar-refractivity contribution in [1.82, 2.24) is 4.90 Å². The largest absolute Gasteiger partial charge is 0.450 e. The fourth-order valence-corrected chi connectivity index (χ4v) is 4.08. The zero-order chi connectivity index (χ0) is 19.3. The molecule has 4 nitrogen and oxygen atoms in total. The number of carbonyl (C=O) groups is 1. The van der Waals surface area contributed by atoms with Crippen LogP contribution in [-0.2, 0) is 0 Å². The van der Waals surface area contributed by atoms with E-state index in [1.54, 1.807) is 4.90 Å². The molecular weight excluding hydrogens is 338 g/mol. The number of hydrogen-bond acceptors (Lipinski definition) is 3. The molecule has 1 aliphatic heterocycles. The Kier molecular flexibility index (Phi) is 4.14. The lowest BCUT2D eigenvalue weighted by Gasteiger charge is -2.24. The first-order valence-electron chi connectivity index (χ1n) is 9.38. The Morgan fingerprint density at radius 3 is 2.37 bits per heavy atom. The Morgan fingerprint density at radius 1 is 1.00 bits per heavy atom. The van der Waals surface area contributed by atoms with E-state index in [0.717, 1.165) is 28.7 Å². The van der Waals surface area contributed by atoms with Crippen LogP contribution in [0.2, 0.25) is 0 Å². The Balaban J connectivity index is 2.04. The number of fused-ring (bicyclic) bond motifs is 2. The van der Waals surface area contributed by atoms with Gasteiger partial charge >= 0.3 is 0 Å². The number of rotatable bonds is 3. The number of hydrogen-bond donors (Lipinski definition) is 0. The lowest BCUT2D eigenvalue weighted by Crippen LogP contribution is -2.30. The Morgan fingerprint density at radius 2 is 1.70 bits per heavy atom. The van der Waals surface area contributed by atoms with Gasteiger partial charge in [-0.2, -0.15) is 0 Å².